The quantitative estimate of drug-likeness (QED) is 0.741. The smallest absolute Gasteiger partial charge is 0.475 e. The van der Waals surface area contributed by atoms with Crippen molar-refractivity contribution < 1.29 is 32.6 Å². The largest absolute Gasteiger partial charge is 0.586 e. The Hall–Kier alpha value is -3.29. The number of furan rings is 1. The predicted molar refractivity (Wildman–Crippen MR) is 83.1 cm³/mol. The number of fused-ring (bicyclic) bond motifs is 2. The van der Waals surface area contributed by atoms with E-state index in [4.69, 9.17) is 4.42 Å². The lowest BCUT2D eigenvalue weighted by molar-refractivity contribution is -0.286. The summed E-state index contributed by atoms with van der Waals surface area (Å²) in [6.45, 7) is 0.134. The van der Waals surface area contributed by atoms with Gasteiger partial charge in [0.1, 0.15) is 5.58 Å². The van der Waals surface area contributed by atoms with Crippen molar-refractivity contribution in [1.82, 2.24) is 0 Å². The number of aromatic carboxylic acids is 1. The molecule has 0 aliphatic carbocycles. The first-order chi connectivity index (χ1) is 11.9. The number of hydrogen-bond donors (Lipinski definition) is 2. The third kappa shape index (κ3) is 2.71. The van der Waals surface area contributed by atoms with Gasteiger partial charge in [-0.2, -0.15) is 0 Å². The standard InChI is InChI=1S/C17H11F2NO5/c18-17(19)24-13-6-5-9(7-14(13)25-17)20-8-11-10-3-1-2-4-12(10)23-15(11)16(21)22/h1-7,20H,8H2,(H,21,22). The lowest BCUT2D eigenvalue weighted by atomic mass is 10.1. The predicted octanol–water partition coefficient (Wildman–Crippen LogP) is 4.06. The van der Waals surface area contributed by atoms with Gasteiger partial charge >= 0.3 is 12.3 Å². The first-order valence-corrected chi connectivity index (χ1v) is 7.30. The number of nitrogens with one attached hydrogen (secondary N) is 1. The number of carboxylic acids is 1. The summed E-state index contributed by atoms with van der Waals surface area (Å²) in [4.78, 5) is 11.4. The van der Waals surface area contributed by atoms with E-state index in [2.05, 4.69) is 14.8 Å². The molecule has 2 aromatic carbocycles. The number of halogens is 2. The van der Waals surface area contributed by atoms with E-state index < -0.39 is 12.3 Å². The van der Waals surface area contributed by atoms with Crippen molar-refractivity contribution >= 4 is 22.6 Å². The molecule has 0 amide bonds. The Morgan fingerprint density at radius 2 is 1.88 bits per heavy atom. The van der Waals surface area contributed by atoms with Crippen LogP contribution in [0.15, 0.2) is 46.9 Å². The molecule has 25 heavy (non-hydrogen) atoms. The van der Waals surface area contributed by atoms with Crippen molar-refractivity contribution in [3.8, 4) is 11.5 Å². The van der Waals surface area contributed by atoms with E-state index in [0.29, 0.717) is 22.2 Å². The molecule has 128 valence electrons. The number of rotatable bonds is 4. The Labute approximate surface area is 139 Å². The summed E-state index contributed by atoms with van der Waals surface area (Å²) >= 11 is 0. The lowest BCUT2D eigenvalue weighted by Crippen LogP contribution is -2.25. The van der Waals surface area contributed by atoms with Crippen LogP contribution in [-0.4, -0.2) is 17.4 Å². The molecule has 6 nitrogen and oxygen atoms in total. The summed E-state index contributed by atoms with van der Waals surface area (Å²) in [6.07, 6.45) is -3.68. The van der Waals surface area contributed by atoms with E-state index >= 15 is 0 Å². The fraction of sp³-hybridized carbons (Fsp3) is 0.118. The molecule has 0 fully saturated rings. The maximum absolute atomic E-state index is 13.1. The summed E-state index contributed by atoms with van der Waals surface area (Å²) in [7, 11) is 0. The topological polar surface area (TPSA) is 80.9 Å². The van der Waals surface area contributed by atoms with Crippen molar-refractivity contribution in [2.45, 2.75) is 12.8 Å². The summed E-state index contributed by atoms with van der Waals surface area (Å²) in [5.41, 5.74) is 1.40. The van der Waals surface area contributed by atoms with E-state index in [1.54, 1.807) is 24.3 Å². The minimum atomic E-state index is -3.68. The Balaban J connectivity index is 1.61. The molecule has 0 atom stereocenters. The maximum atomic E-state index is 13.1. The molecule has 0 spiro atoms. The van der Waals surface area contributed by atoms with Crippen molar-refractivity contribution in [3.63, 3.8) is 0 Å². The fourth-order valence-corrected chi connectivity index (χ4v) is 2.70. The van der Waals surface area contributed by atoms with Gasteiger partial charge < -0.3 is 24.3 Å². The van der Waals surface area contributed by atoms with Crippen LogP contribution in [0.25, 0.3) is 11.0 Å². The Bertz CT molecular complexity index is 982. The molecule has 0 saturated heterocycles. The Kier molecular flexibility index (Phi) is 3.28. The molecule has 4 rings (SSSR count). The second kappa shape index (κ2) is 5.37. The molecule has 2 heterocycles. The summed E-state index contributed by atoms with van der Waals surface area (Å²) in [5.74, 6) is -1.50. The number of carboxylic acid groups (broad SMARTS) is 1. The third-order valence-corrected chi connectivity index (χ3v) is 3.76. The summed E-state index contributed by atoms with van der Waals surface area (Å²) in [6, 6.07) is 11.2. The molecule has 1 aliphatic heterocycles. The van der Waals surface area contributed by atoms with Gasteiger partial charge in [0.2, 0.25) is 5.76 Å². The number of alkyl halides is 2. The Morgan fingerprint density at radius 3 is 2.68 bits per heavy atom. The number of hydrogen-bond acceptors (Lipinski definition) is 5. The number of carbonyl (C=O) groups is 1. The van der Waals surface area contributed by atoms with Crippen molar-refractivity contribution in [1.29, 1.82) is 0 Å². The van der Waals surface area contributed by atoms with E-state index in [9.17, 15) is 18.7 Å². The van der Waals surface area contributed by atoms with E-state index in [-0.39, 0.29) is 23.8 Å². The first-order valence-electron chi connectivity index (χ1n) is 7.30. The molecular weight excluding hydrogens is 336 g/mol. The zero-order chi connectivity index (χ0) is 17.6. The van der Waals surface area contributed by atoms with Gasteiger partial charge in [0.05, 0.1) is 0 Å². The first kappa shape index (κ1) is 15.3. The maximum Gasteiger partial charge on any atom is 0.586 e. The van der Waals surface area contributed by atoms with Crippen LogP contribution in [0.5, 0.6) is 11.5 Å². The average Bonchev–Trinajstić information content (AvgIpc) is 3.08. The molecule has 1 aromatic heterocycles. The number of benzene rings is 2. The van der Waals surface area contributed by atoms with Gasteiger partial charge in [-0.1, -0.05) is 18.2 Å². The molecule has 0 radical (unpaired) electrons. The Morgan fingerprint density at radius 1 is 1.12 bits per heavy atom. The lowest BCUT2D eigenvalue weighted by Gasteiger charge is -2.07. The molecule has 0 saturated carbocycles. The van der Waals surface area contributed by atoms with Gasteiger partial charge in [-0.3, -0.25) is 0 Å². The highest BCUT2D eigenvalue weighted by molar-refractivity contribution is 5.95. The van der Waals surface area contributed by atoms with Crippen LogP contribution in [0.4, 0.5) is 14.5 Å². The zero-order valence-corrected chi connectivity index (χ0v) is 12.6. The van der Waals surface area contributed by atoms with Crippen LogP contribution in [0.1, 0.15) is 16.1 Å². The zero-order valence-electron chi connectivity index (χ0n) is 12.6. The van der Waals surface area contributed by atoms with Crippen LogP contribution < -0.4 is 14.8 Å². The molecule has 3 aromatic rings. The normalized spacial score (nSPS) is 14.6. The minimum absolute atomic E-state index is 0.0597. The second-order valence-corrected chi connectivity index (χ2v) is 5.39. The van der Waals surface area contributed by atoms with Gasteiger partial charge in [0.15, 0.2) is 11.5 Å². The minimum Gasteiger partial charge on any atom is -0.475 e. The highest BCUT2D eigenvalue weighted by atomic mass is 19.3. The van der Waals surface area contributed by atoms with Crippen LogP contribution in [0.2, 0.25) is 0 Å². The second-order valence-electron chi connectivity index (χ2n) is 5.39. The summed E-state index contributed by atoms with van der Waals surface area (Å²) in [5, 5.41) is 13.0. The van der Waals surface area contributed by atoms with Crippen LogP contribution in [0, 0.1) is 0 Å². The van der Waals surface area contributed by atoms with E-state index in [1.165, 1.54) is 18.2 Å². The number of anilines is 1. The van der Waals surface area contributed by atoms with Gasteiger partial charge in [0.25, 0.3) is 0 Å². The third-order valence-electron chi connectivity index (χ3n) is 3.76. The molecule has 0 bridgehead atoms. The fourth-order valence-electron chi connectivity index (χ4n) is 2.70. The van der Waals surface area contributed by atoms with Crippen LogP contribution in [0.3, 0.4) is 0 Å². The molecule has 1 aliphatic rings. The van der Waals surface area contributed by atoms with Crippen LogP contribution >= 0.6 is 0 Å². The highest BCUT2D eigenvalue weighted by Gasteiger charge is 2.43. The monoisotopic (exact) mass is 347 g/mol. The number of para-hydroxylation sites is 1. The van der Waals surface area contributed by atoms with Crippen molar-refractivity contribution in [2.24, 2.45) is 0 Å². The van der Waals surface area contributed by atoms with Crippen molar-refractivity contribution in [2.75, 3.05) is 5.32 Å². The SMILES string of the molecule is O=C(O)c1oc2ccccc2c1CNc1ccc2c(c1)OC(F)(F)O2. The van der Waals surface area contributed by atoms with Crippen LogP contribution in [-0.2, 0) is 6.54 Å². The molecule has 8 heteroatoms. The molecular formula is C17H11F2NO5. The van der Waals surface area contributed by atoms with Gasteiger partial charge in [-0.05, 0) is 18.2 Å². The van der Waals surface area contributed by atoms with Gasteiger partial charge in [-0.25, -0.2) is 4.79 Å². The van der Waals surface area contributed by atoms with Gasteiger partial charge in [0, 0.05) is 29.2 Å². The molecule has 2 N–H and O–H groups in total. The summed E-state index contributed by atoms with van der Waals surface area (Å²) < 4.78 is 40.2. The highest BCUT2D eigenvalue weighted by Crippen LogP contribution is 2.42. The van der Waals surface area contributed by atoms with E-state index in [0.717, 1.165) is 0 Å². The van der Waals surface area contributed by atoms with E-state index in [1.807, 2.05) is 0 Å². The molecule has 0 unspecified atom stereocenters. The van der Waals surface area contributed by atoms with Crippen molar-refractivity contribution in [3.05, 3.63) is 53.8 Å². The van der Waals surface area contributed by atoms with Gasteiger partial charge in [-0.15, -0.1) is 8.78 Å². The number of ether oxygens (including phenoxy) is 2. The average molecular weight is 347 g/mol.